The maximum Gasteiger partial charge on any atom is 0.252 e. The van der Waals surface area contributed by atoms with Crippen molar-refractivity contribution in [1.82, 2.24) is 24.6 Å². The summed E-state index contributed by atoms with van der Waals surface area (Å²) in [5.74, 6) is -0.268. The van der Waals surface area contributed by atoms with Gasteiger partial charge in [0.25, 0.3) is 5.91 Å². The molecule has 0 saturated heterocycles. The van der Waals surface area contributed by atoms with Crippen LogP contribution < -0.4 is 15.8 Å². The third-order valence-electron chi connectivity index (χ3n) is 3.16. The Bertz CT molecular complexity index is 799. The molecule has 0 spiro atoms. The van der Waals surface area contributed by atoms with Gasteiger partial charge in [-0.2, -0.15) is 0 Å². The first-order valence-electron chi connectivity index (χ1n) is 6.69. The number of hydrogen-bond donors (Lipinski definition) is 3. The summed E-state index contributed by atoms with van der Waals surface area (Å²) in [4.78, 5) is 20.3. The number of fused-ring (bicyclic) bond motifs is 1. The highest BCUT2D eigenvalue weighted by Crippen LogP contribution is 2.16. The van der Waals surface area contributed by atoms with Crippen LogP contribution in [0.15, 0.2) is 12.3 Å². The molecule has 0 aliphatic carbocycles. The van der Waals surface area contributed by atoms with Crippen LogP contribution in [0.5, 0.6) is 0 Å². The van der Waals surface area contributed by atoms with Gasteiger partial charge in [0.15, 0.2) is 5.65 Å². The van der Waals surface area contributed by atoms with Crippen LogP contribution in [-0.2, 0) is 16.6 Å². The Balaban J connectivity index is 2.12. The topological polar surface area (TPSA) is 132 Å². The molecule has 4 N–H and O–H groups in total. The van der Waals surface area contributed by atoms with Crippen molar-refractivity contribution in [2.45, 2.75) is 13.5 Å². The Kier molecular flexibility index (Phi) is 4.62. The third-order valence-corrected chi connectivity index (χ3v) is 4.52. The molecule has 2 aromatic heterocycles. The number of sulfonamides is 1. The first kappa shape index (κ1) is 16.2. The molecule has 2 heterocycles. The van der Waals surface area contributed by atoms with E-state index in [4.69, 9.17) is 5.73 Å². The number of nitrogens with two attached hydrogens (primary N) is 1. The average Bonchev–Trinajstić information content (AvgIpc) is 2.81. The van der Waals surface area contributed by atoms with E-state index in [-0.39, 0.29) is 12.3 Å². The van der Waals surface area contributed by atoms with E-state index in [1.165, 1.54) is 13.2 Å². The van der Waals surface area contributed by atoms with Crippen LogP contribution in [0.1, 0.15) is 17.3 Å². The second kappa shape index (κ2) is 6.28. The van der Waals surface area contributed by atoms with E-state index < -0.39 is 15.9 Å². The molecule has 9 nitrogen and oxygen atoms in total. The number of carbonyl (C=O) groups excluding carboxylic acids is 1. The largest absolute Gasteiger partial charge is 0.369 e. The molecule has 0 atom stereocenters. The van der Waals surface area contributed by atoms with Gasteiger partial charge < -0.3 is 11.1 Å². The zero-order chi connectivity index (χ0) is 16.3. The fourth-order valence-corrected chi connectivity index (χ4v) is 2.54. The highest BCUT2D eigenvalue weighted by Gasteiger charge is 2.13. The number of aryl methyl sites for hydroxylation is 1. The molecule has 22 heavy (non-hydrogen) atoms. The van der Waals surface area contributed by atoms with Gasteiger partial charge in [0, 0.05) is 19.3 Å². The lowest BCUT2D eigenvalue weighted by atomic mass is 10.2. The fourth-order valence-electron chi connectivity index (χ4n) is 1.97. The molecule has 2 rings (SSSR count). The Labute approximate surface area is 128 Å². The van der Waals surface area contributed by atoms with Crippen molar-refractivity contribution in [3.8, 4) is 0 Å². The SMILES string of the molecule is CCn1c(N)nc2cc(C(=O)NCCS(=O)(=O)NC)cnc21. The van der Waals surface area contributed by atoms with Crippen molar-refractivity contribution in [2.24, 2.45) is 0 Å². The smallest absolute Gasteiger partial charge is 0.252 e. The summed E-state index contributed by atoms with van der Waals surface area (Å²) in [6, 6.07) is 1.58. The standard InChI is InChI=1S/C12H18N6O3S/c1-3-18-10-9(17-12(18)13)6-8(7-16-10)11(19)15-4-5-22(20,21)14-2/h6-7,14H,3-5H2,1-2H3,(H2,13,17)(H,15,19). The van der Waals surface area contributed by atoms with Crippen LogP contribution in [0, 0.1) is 0 Å². The lowest BCUT2D eigenvalue weighted by molar-refractivity contribution is 0.0956. The molecule has 2 aromatic rings. The van der Waals surface area contributed by atoms with Crippen LogP contribution in [0.2, 0.25) is 0 Å². The molecular formula is C12H18N6O3S. The highest BCUT2D eigenvalue weighted by atomic mass is 32.2. The monoisotopic (exact) mass is 326 g/mol. The number of anilines is 1. The molecule has 0 bridgehead atoms. The summed E-state index contributed by atoms with van der Waals surface area (Å²) >= 11 is 0. The van der Waals surface area contributed by atoms with Gasteiger partial charge in [-0.05, 0) is 20.0 Å². The van der Waals surface area contributed by atoms with Gasteiger partial charge in [0.2, 0.25) is 16.0 Å². The third kappa shape index (κ3) is 3.34. The first-order valence-corrected chi connectivity index (χ1v) is 8.34. The Morgan fingerprint density at radius 3 is 2.82 bits per heavy atom. The lowest BCUT2D eigenvalue weighted by Gasteiger charge is -2.05. The van der Waals surface area contributed by atoms with Gasteiger partial charge in [-0.1, -0.05) is 0 Å². The van der Waals surface area contributed by atoms with Crippen LogP contribution in [0.3, 0.4) is 0 Å². The quantitative estimate of drug-likeness (QED) is 0.644. The highest BCUT2D eigenvalue weighted by molar-refractivity contribution is 7.89. The minimum absolute atomic E-state index is 0.00554. The molecular weight excluding hydrogens is 308 g/mol. The summed E-state index contributed by atoms with van der Waals surface area (Å²) in [5.41, 5.74) is 7.20. The van der Waals surface area contributed by atoms with E-state index in [0.717, 1.165) is 0 Å². The molecule has 0 aromatic carbocycles. The van der Waals surface area contributed by atoms with Gasteiger partial charge in [0.1, 0.15) is 5.52 Å². The van der Waals surface area contributed by atoms with E-state index in [1.54, 1.807) is 10.6 Å². The maximum absolute atomic E-state index is 12.0. The summed E-state index contributed by atoms with van der Waals surface area (Å²) < 4.78 is 26.4. The van der Waals surface area contributed by atoms with Gasteiger partial charge in [0.05, 0.1) is 11.3 Å². The Hall–Kier alpha value is -2.20. The van der Waals surface area contributed by atoms with Crippen molar-refractivity contribution in [2.75, 3.05) is 25.1 Å². The number of hydrogen-bond acceptors (Lipinski definition) is 6. The maximum atomic E-state index is 12.0. The zero-order valence-corrected chi connectivity index (χ0v) is 13.1. The van der Waals surface area contributed by atoms with Crippen LogP contribution in [-0.4, -0.2) is 48.2 Å². The predicted octanol–water partition coefficient (Wildman–Crippen LogP) is -0.688. The van der Waals surface area contributed by atoms with Crippen LogP contribution >= 0.6 is 0 Å². The molecule has 0 radical (unpaired) electrons. The number of aromatic nitrogens is 3. The van der Waals surface area contributed by atoms with Crippen molar-refractivity contribution in [1.29, 1.82) is 0 Å². The number of carbonyl (C=O) groups is 1. The van der Waals surface area contributed by atoms with Crippen LogP contribution in [0.4, 0.5) is 5.95 Å². The van der Waals surface area contributed by atoms with E-state index in [1.807, 2.05) is 6.92 Å². The normalized spacial score (nSPS) is 11.7. The van der Waals surface area contributed by atoms with E-state index in [2.05, 4.69) is 20.0 Å². The first-order chi connectivity index (χ1) is 10.4. The second-order valence-corrected chi connectivity index (χ2v) is 6.61. The van der Waals surface area contributed by atoms with Gasteiger partial charge in [-0.3, -0.25) is 9.36 Å². The van der Waals surface area contributed by atoms with E-state index >= 15 is 0 Å². The van der Waals surface area contributed by atoms with Gasteiger partial charge >= 0.3 is 0 Å². The molecule has 0 aliphatic heterocycles. The average molecular weight is 326 g/mol. The lowest BCUT2D eigenvalue weighted by Crippen LogP contribution is -2.33. The number of nitrogens with zero attached hydrogens (tertiary/aromatic N) is 3. The summed E-state index contributed by atoms with van der Waals surface area (Å²) in [7, 11) is -2.03. The van der Waals surface area contributed by atoms with E-state index in [0.29, 0.717) is 29.2 Å². The number of nitrogens with one attached hydrogen (secondary N) is 2. The summed E-state index contributed by atoms with van der Waals surface area (Å²) in [5, 5.41) is 2.53. The van der Waals surface area contributed by atoms with E-state index in [9.17, 15) is 13.2 Å². The van der Waals surface area contributed by atoms with Gasteiger partial charge in [-0.25, -0.2) is 23.1 Å². The van der Waals surface area contributed by atoms with Crippen LogP contribution in [0.25, 0.3) is 11.2 Å². The number of rotatable bonds is 6. The number of amides is 1. The predicted molar refractivity (Wildman–Crippen MR) is 82.8 cm³/mol. The number of imidazole rings is 1. The minimum Gasteiger partial charge on any atom is -0.369 e. The summed E-state index contributed by atoms with van der Waals surface area (Å²) in [6.45, 7) is 2.55. The Morgan fingerprint density at radius 2 is 2.18 bits per heavy atom. The summed E-state index contributed by atoms with van der Waals surface area (Å²) in [6.07, 6.45) is 1.41. The second-order valence-electron chi connectivity index (χ2n) is 4.56. The number of nitrogen functional groups attached to an aromatic ring is 1. The molecule has 1 amide bonds. The Morgan fingerprint density at radius 1 is 1.45 bits per heavy atom. The van der Waals surface area contributed by atoms with Crippen molar-refractivity contribution in [3.05, 3.63) is 17.8 Å². The molecule has 120 valence electrons. The fraction of sp³-hybridized carbons (Fsp3) is 0.417. The molecule has 0 fully saturated rings. The molecule has 0 aliphatic rings. The minimum atomic E-state index is -3.35. The van der Waals surface area contributed by atoms with Gasteiger partial charge in [-0.15, -0.1) is 0 Å². The van der Waals surface area contributed by atoms with Crippen molar-refractivity contribution < 1.29 is 13.2 Å². The zero-order valence-electron chi connectivity index (χ0n) is 12.3. The molecule has 0 unspecified atom stereocenters. The molecule has 0 saturated carbocycles. The molecule has 10 heteroatoms. The van der Waals surface area contributed by atoms with Crippen molar-refractivity contribution in [3.63, 3.8) is 0 Å². The number of pyridine rings is 1. The van der Waals surface area contributed by atoms with Crippen molar-refractivity contribution >= 4 is 33.0 Å².